The summed E-state index contributed by atoms with van der Waals surface area (Å²) in [6, 6.07) is 0. The van der Waals surface area contributed by atoms with Gasteiger partial charge >= 0.3 is 17.9 Å². The lowest BCUT2D eigenvalue weighted by molar-refractivity contribution is -0.147. The molecule has 28 heavy (non-hydrogen) atoms. The number of carbonyl (C=O) groups is 3. The maximum absolute atomic E-state index is 10.5. The SMILES string of the molecule is CC(=O)OC1CCCCC1.CC(=O)OCCCCCCCCCCOC(C)=O. The van der Waals surface area contributed by atoms with Crippen molar-refractivity contribution in [2.45, 2.75) is 110 Å². The van der Waals surface area contributed by atoms with Crippen molar-refractivity contribution in [1.29, 1.82) is 0 Å². The first-order valence-electron chi connectivity index (χ1n) is 10.9. The van der Waals surface area contributed by atoms with E-state index in [2.05, 4.69) is 0 Å². The molecule has 0 aromatic heterocycles. The van der Waals surface area contributed by atoms with Gasteiger partial charge in [0.2, 0.25) is 0 Å². The second kappa shape index (κ2) is 18.8. The Morgan fingerprint density at radius 2 is 1.00 bits per heavy atom. The predicted octanol–water partition coefficient (Wildman–Crippen LogP) is 5.12. The number of unbranched alkanes of at least 4 members (excludes halogenated alkanes) is 7. The summed E-state index contributed by atoms with van der Waals surface area (Å²) in [6.07, 6.45) is 15.1. The Morgan fingerprint density at radius 1 is 0.607 bits per heavy atom. The molecule has 1 aliphatic carbocycles. The minimum atomic E-state index is -0.192. The van der Waals surface area contributed by atoms with Crippen molar-refractivity contribution < 1.29 is 28.6 Å². The summed E-state index contributed by atoms with van der Waals surface area (Å²) >= 11 is 0. The van der Waals surface area contributed by atoms with Crippen molar-refractivity contribution >= 4 is 17.9 Å². The summed E-state index contributed by atoms with van der Waals surface area (Å²) in [4.78, 5) is 31.5. The molecule has 0 N–H and O–H groups in total. The Hall–Kier alpha value is -1.59. The average molecular weight is 401 g/mol. The molecule has 0 aliphatic heterocycles. The molecule has 0 spiro atoms. The summed E-state index contributed by atoms with van der Waals surface area (Å²) in [5.74, 6) is -0.516. The predicted molar refractivity (Wildman–Crippen MR) is 109 cm³/mol. The normalized spacial score (nSPS) is 13.8. The lowest BCUT2D eigenvalue weighted by Crippen LogP contribution is -2.18. The van der Waals surface area contributed by atoms with Crippen LogP contribution in [0.1, 0.15) is 104 Å². The first-order chi connectivity index (χ1) is 13.4. The first kappa shape index (κ1) is 26.4. The van der Waals surface area contributed by atoms with Crippen LogP contribution in [0.25, 0.3) is 0 Å². The van der Waals surface area contributed by atoms with Gasteiger partial charge in [-0.25, -0.2) is 0 Å². The van der Waals surface area contributed by atoms with E-state index in [0.29, 0.717) is 13.2 Å². The molecule has 0 atom stereocenters. The Balaban J connectivity index is 0.000000609. The molecule has 0 aromatic rings. The molecule has 1 aliphatic rings. The summed E-state index contributed by atoms with van der Waals surface area (Å²) in [6.45, 7) is 5.47. The quantitative estimate of drug-likeness (QED) is 0.257. The molecule has 1 saturated carbocycles. The molecule has 0 unspecified atom stereocenters. The summed E-state index contributed by atoms with van der Waals surface area (Å²) in [5.41, 5.74) is 0. The number of esters is 3. The highest BCUT2D eigenvalue weighted by atomic mass is 16.5. The number of carbonyl (C=O) groups excluding carboxylic acids is 3. The van der Waals surface area contributed by atoms with Crippen LogP contribution in [-0.4, -0.2) is 37.2 Å². The first-order valence-corrected chi connectivity index (χ1v) is 10.9. The summed E-state index contributed by atoms with van der Waals surface area (Å²) in [7, 11) is 0. The van der Waals surface area contributed by atoms with Gasteiger partial charge in [-0.2, -0.15) is 0 Å². The van der Waals surface area contributed by atoms with E-state index < -0.39 is 0 Å². The van der Waals surface area contributed by atoms with Gasteiger partial charge in [0.1, 0.15) is 6.10 Å². The topological polar surface area (TPSA) is 78.9 Å². The lowest BCUT2D eigenvalue weighted by atomic mass is 9.98. The lowest BCUT2D eigenvalue weighted by Gasteiger charge is -2.20. The van der Waals surface area contributed by atoms with E-state index >= 15 is 0 Å². The van der Waals surface area contributed by atoms with E-state index in [-0.39, 0.29) is 24.0 Å². The second-order valence-corrected chi connectivity index (χ2v) is 7.38. The maximum Gasteiger partial charge on any atom is 0.302 e. The standard InChI is InChI=1S/C14H26O4.C8H14O2/c1-13(15)17-11-9-7-5-3-4-6-8-10-12-18-14(2)16;1-7(9)10-8-5-3-2-4-6-8/h3-12H2,1-2H3;8H,2-6H2,1H3. The van der Waals surface area contributed by atoms with Crippen molar-refractivity contribution in [3.8, 4) is 0 Å². The van der Waals surface area contributed by atoms with Gasteiger partial charge in [-0.3, -0.25) is 14.4 Å². The highest BCUT2D eigenvalue weighted by Gasteiger charge is 2.14. The van der Waals surface area contributed by atoms with E-state index in [1.54, 1.807) is 0 Å². The zero-order chi connectivity index (χ0) is 21.0. The fourth-order valence-corrected chi connectivity index (χ4v) is 3.11. The molecular weight excluding hydrogens is 360 g/mol. The van der Waals surface area contributed by atoms with Crippen LogP contribution < -0.4 is 0 Å². The monoisotopic (exact) mass is 400 g/mol. The molecule has 0 radical (unpaired) electrons. The van der Waals surface area contributed by atoms with Crippen molar-refractivity contribution in [3.63, 3.8) is 0 Å². The van der Waals surface area contributed by atoms with Gasteiger partial charge in [-0.1, -0.05) is 44.9 Å². The largest absolute Gasteiger partial charge is 0.466 e. The van der Waals surface area contributed by atoms with E-state index in [0.717, 1.165) is 38.5 Å². The van der Waals surface area contributed by atoms with Crippen LogP contribution in [0.5, 0.6) is 0 Å². The zero-order valence-corrected chi connectivity index (χ0v) is 18.1. The Labute approximate surface area is 170 Å². The number of ether oxygens (including phenoxy) is 3. The van der Waals surface area contributed by atoms with Gasteiger partial charge < -0.3 is 14.2 Å². The molecule has 1 fully saturated rings. The minimum Gasteiger partial charge on any atom is -0.466 e. The highest BCUT2D eigenvalue weighted by molar-refractivity contribution is 5.66. The second-order valence-electron chi connectivity index (χ2n) is 7.38. The molecule has 6 nitrogen and oxygen atoms in total. The van der Waals surface area contributed by atoms with Gasteiger partial charge in [0.15, 0.2) is 0 Å². The zero-order valence-electron chi connectivity index (χ0n) is 18.1. The molecular formula is C22H40O6. The smallest absolute Gasteiger partial charge is 0.302 e. The van der Waals surface area contributed by atoms with Gasteiger partial charge in [-0.15, -0.1) is 0 Å². The van der Waals surface area contributed by atoms with Crippen LogP contribution >= 0.6 is 0 Å². The van der Waals surface area contributed by atoms with E-state index in [1.807, 2.05) is 0 Å². The Morgan fingerprint density at radius 3 is 1.36 bits per heavy atom. The van der Waals surface area contributed by atoms with E-state index in [4.69, 9.17) is 14.2 Å². The van der Waals surface area contributed by atoms with E-state index in [9.17, 15) is 14.4 Å². The van der Waals surface area contributed by atoms with Gasteiger partial charge in [-0.05, 0) is 38.5 Å². The van der Waals surface area contributed by atoms with Crippen LogP contribution in [-0.2, 0) is 28.6 Å². The van der Waals surface area contributed by atoms with Crippen LogP contribution in [0, 0.1) is 0 Å². The minimum absolute atomic E-state index is 0.132. The van der Waals surface area contributed by atoms with Crippen LogP contribution in [0.3, 0.4) is 0 Å². The fourth-order valence-electron chi connectivity index (χ4n) is 3.11. The van der Waals surface area contributed by atoms with Crippen molar-refractivity contribution in [2.75, 3.05) is 13.2 Å². The Kier molecular flexibility index (Phi) is 17.7. The molecule has 0 saturated heterocycles. The third-order valence-electron chi connectivity index (χ3n) is 4.53. The maximum atomic E-state index is 10.5. The number of rotatable bonds is 12. The third-order valence-corrected chi connectivity index (χ3v) is 4.53. The van der Waals surface area contributed by atoms with Gasteiger partial charge in [0, 0.05) is 20.8 Å². The molecule has 0 bridgehead atoms. The van der Waals surface area contributed by atoms with Crippen LogP contribution in [0.2, 0.25) is 0 Å². The fraction of sp³-hybridized carbons (Fsp3) is 0.864. The molecule has 1 rings (SSSR count). The van der Waals surface area contributed by atoms with E-state index in [1.165, 1.54) is 65.7 Å². The molecule has 0 amide bonds. The van der Waals surface area contributed by atoms with Gasteiger partial charge in [0.25, 0.3) is 0 Å². The highest BCUT2D eigenvalue weighted by Crippen LogP contribution is 2.20. The number of hydrogen-bond donors (Lipinski definition) is 0. The number of hydrogen-bond acceptors (Lipinski definition) is 6. The van der Waals surface area contributed by atoms with Crippen LogP contribution in [0.15, 0.2) is 0 Å². The van der Waals surface area contributed by atoms with Crippen molar-refractivity contribution in [2.24, 2.45) is 0 Å². The molecule has 0 aromatic carbocycles. The van der Waals surface area contributed by atoms with Gasteiger partial charge in [0.05, 0.1) is 13.2 Å². The van der Waals surface area contributed by atoms with Crippen molar-refractivity contribution in [1.82, 2.24) is 0 Å². The third kappa shape index (κ3) is 20.7. The van der Waals surface area contributed by atoms with Crippen molar-refractivity contribution in [3.05, 3.63) is 0 Å². The average Bonchev–Trinajstić information content (AvgIpc) is 2.63. The Bertz CT molecular complexity index is 391. The molecule has 164 valence electrons. The molecule has 0 heterocycles. The summed E-state index contributed by atoms with van der Waals surface area (Å²) in [5, 5.41) is 0. The summed E-state index contributed by atoms with van der Waals surface area (Å²) < 4.78 is 14.8. The van der Waals surface area contributed by atoms with Crippen LogP contribution in [0.4, 0.5) is 0 Å². The molecule has 6 heteroatoms.